The molecule has 0 aliphatic heterocycles. The van der Waals surface area contributed by atoms with E-state index in [0.717, 1.165) is 17.0 Å². The Kier molecular flexibility index (Phi) is 8.99. The van der Waals surface area contributed by atoms with Crippen molar-refractivity contribution in [2.75, 3.05) is 24.3 Å². The normalized spacial score (nSPS) is 11.0. The van der Waals surface area contributed by atoms with E-state index in [1.807, 2.05) is 22.6 Å². The molecule has 206 valence electrons. The summed E-state index contributed by atoms with van der Waals surface area (Å²) in [7, 11) is 3.13. The van der Waals surface area contributed by atoms with Gasteiger partial charge in [0, 0.05) is 35.5 Å². The van der Waals surface area contributed by atoms with Crippen molar-refractivity contribution in [3.63, 3.8) is 0 Å². The van der Waals surface area contributed by atoms with Crippen LogP contribution in [0.1, 0.15) is 31.1 Å². The molecule has 4 amide bonds. The zero-order valence-corrected chi connectivity index (χ0v) is 24.0. The molecule has 3 N–H and O–H groups in total. The zero-order chi connectivity index (χ0) is 29.1. The number of hydrogen-bond donors (Lipinski definition) is 2. The molecule has 0 bridgehead atoms. The van der Waals surface area contributed by atoms with E-state index in [1.54, 1.807) is 47.0 Å². The lowest BCUT2D eigenvalue weighted by Gasteiger charge is -2.29. The van der Waals surface area contributed by atoms with Crippen LogP contribution in [0.25, 0.3) is 0 Å². The number of hydrogen-bond acceptors (Lipinski definition) is 5. The van der Waals surface area contributed by atoms with Crippen LogP contribution in [0.5, 0.6) is 11.5 Å². The van der Waals surface area contributed by atoms with E-state index in [1.165, 1.54) is 35.2 Å². The SMILES string of the molecule is CN(C)C(=O)Nc1cccc(Oc2cc(F)cc(N(C(=O)OC(C)(C)C)c3ccc(I)cc3F)c2C(N)=O)c1. The van der Waals surface area contributed by atoms with Crippen LogP contribution in [-0.2, 0) is 4.74 Å². The van der Waals surface area contributed by atoms with E-state index < -0.39 is 40.8 Å². The molecule has 0 spiro atoms. The lowest BCUT2D eigenvalue weighted by Crippen LogP contribution is -2.35. The highest BCUT2D eigenvalue weighted by Gasteiger charge is 2.32. The van der Waals surface area contributed by atoms with E-state index in [9.17, 15) is 18.8 Å². The van der Waals surface area contributed by atoms with Crippen LogP contribution in [0.3, 0.4) is 0 Å². The molecule has 0 aromatic heterocycles. The number of nitrogens with zero attached hydrogens (tertiary/aromatic N) is 2. The minimum atomic E-state index is -1.07. The molecule has 3 rings (SSSR count). The molecular weight excluding hydrogens is 625 g/mol. The Labute approximate surface area is 238 Å². The minimum absolute atomic E-state index is 0.120. The highest BCUT2D eigenvalue weighted by Crippen LogP contribution is 2.39. The lowest BCUT2D eigenvalue weighted by molar-refractivity contribution is 0.0598. The average molecular weight is 652 g/mol. The third-order valence-corrected chi connectivity index (χ3v) is 5.65. The molecule has 0 heterocycles. The van der Waals surface area contributed by atoms with Crippen LogP contribution < -0.4 is 20.7 Å². The van der Waals surface area contributed by atoms with Crippen molar-refractivity contribution in [1.29, 1.82) is 0 Å². The number of urea groups is 1. The number of nitrogens with two attached hydrogens (primary N) is 1. The van der Waals surface area contributed by atoms with Crippen molar-refractivity contribution in [3.8, 4) is 11.5 Å². The van der Waals surface area contributed by atoms with Gasteiger partial charge in [0.2, 0.25) is 0 Å². The Balaban J connectivity index is 2.18. The van der Waals surface area contributed by atoms with Gasteiger partial charge in [0.15, 0.2) is 0 Å². The second kappa shape index (κ2) is 11.8. The first kappa shape index (κ1) is 29.6. The van der Waals surface area contributed by atoms with Gasteiger partial charge in [0.1, 0.15) is 34.3 Å². The number of nitrogens with one attached hydrogen (secondary N) is 1. The van der Waals surface area contributed by atoms with Gasteiger partial charge in [-0.3, -0.25) is 4.79 Å². The Morgan fingerprint density at radius 1 is 0.974 bits per heavy atom. The molecule has 0 radical (unpaired) electrons. The molecule has 3 aromatic rings. The smallest absolute Gasteiger partial charge is 0.419 e. The Bertz CT molecular complexity index is 1430. The van der Waals surface area contributed by atoms with Gasteiger partial charge in [-0.15, -0.1) is 0 Å². The van der Waals surface area contributed by atoms with Crippen LogP contribution in [0, 0.1) is 15.2 Å². The highest BCUT2D eigenvalue weighted by atomic mass is 127. The van der Waals surface area contributed by atoms with E-state index in [0.29, 0.717) is 9.26 Å². The number of ether oxygens (including phenoxy) is 2. The van der Waals surface area contributed by atoms with Gasteiger partial charge in [0.05, 0.1) is 11.4 Å². The van der Waals surface area contributed by atoms with Gasteiger partial charge < -0.3 is 25.4 Å². The standard InChI is InChI=1S/C27H27F2IN4O5/c1-27(2,3)39-26(37)34(20-10-9-16(30)13-19(20)29)21-11-15(28)12-22(23(21)24(31)35)38-18-8-6-7-17(14-18)32-25(36)33(4)5/h6-14H,1-5H3,(H2,31,35)(H,32,36). The molecule has 0 aliphatic carbocycles. The second-order valence-electron chi connectivity index (χ2n) is 9.53. The molecule has 39 heavy (non-hydrogen) atoms. The number of primary amides is 1. The number of rotatable bonds is 6. The minimum Gasteiger partial charge on any atom is -0.456 e. The Morgan fingerprint density at radius 2 is 1.67 bits per heavy atom. The lowest BCUT2D eigenvalue weighted by atomic mass is 10.1. The van der Waals surface area contributed by atoms with Gasteiger partial charge >= 0.3 is 12.1 Å². The summed E-state index contributed by atoms with van der Waals surface area (Å²) in [5, 5.41) is 2.64. The molecule has 0 unspecified atom stereocenters. The van der Waals surface area contributed by atoms with Gasteiger partial charge in [-0.1, -0.05) is 6.07 Å². The number of anilines is 3. The maximum Gasteiger partial charge on any atom is 0.419 e. The van der Waals surface area contributed by atoms with Crippen molar-refractivity contribution in [2.24, 2.45) is 5.73 Å². The molecule has 3 aromatic carbocycles. The molecule has 0 saturated carbocycles. The summed E-state index contributed by atoms with van der Waals surface area (Å²) in [6.45, 7) is 4.81. The van der Waals surface area contributed by atoms with Crippen molar-refractivity contribution >= 4 is 57.7 Å². The average Bonchev–Trinajstić information content (AvgIpc) is 2.79. The van der Waals surface area contributed by atoms with E-state index in [4.69, 9.17) is 15.2 Å². The maximum absolute atomic E-state index is 15.1. The molecule has 12 heteroatoms. The summed E-state index contributed by atoms with van der Waals surface area (Å²) < 4.78 is 41.9. The van der Waals surface area contributed by atoms with Crippen molar-refractivity contribution < 1.29 is 32.6 Å². The van der Waals surface area contributed by atoms with Crippen LogP contribution in [-0.4, -0.2) is 42.6 Å². The number of amides is 4. The van der Waals surface area contributed by atoms with E-state index >= 15 is 4.39 Å². The van der Waals surface area contributed by atoms with Gasteiger partial charge in [-0.25, -0.2) is 23.3 Å². The number of benzene rings is 3. The first-order valence-electron chi connectivity index (χ1n) is 11.5. The number of carbonyl (C=O) groups is 3. The van der Waals surface area contributed by atoms with Crippen LogP contribution >= 0.6 is 22.6 Å². The second-order valence-corrected chi connectivity index (χ2v) is 10.8. The highest BCUT2D eigenvalue weighted by molar-refractivity contribution is 14.1. The van der Waals surface area contributed by atoms with E-state index in [2.05, 4.69) is 5.32 Å². The molecule has 0 aliphatic rings. The summed E-state index contributed by atoms with van der Waals surface area (Å²) in [5.74, 6) is -3.01. The summed E-state index contributed by atoms with van der Waals surface area (Å²) in [6.07, 6.45) is -1.07. The summed E-state index contributed by atoms with van der Waals surface area (Å²) in [5.41, 5.74) is 3.95. The Hall–Kier alpha value is -3.94. The predicted molar refractivity (Wildman–Crippen MR) is 152 cm³/mol. The fourth-order valence-corrected chi connectivity index (χ4v) is 3.82. The van der Waals surface area contributed by atoms with Crippen molar-refractivity contribution in [3.05, 3.63) is 75.4 Å². The topological polar surface area (TPSA) is 114 Å². The molecule has 0 fully saturated rings. The predicted octanol–water partition coefficient (Wildman–Crippen LogP) is 6.63. The molecular formula is C27H27F2IN4O5. The third-order valence-electron chi connectivity index (χ3n) is 4.98. The van der Waals surface area contributed by atoms with Gasteiger partial charge in [-0.2, -0.15) is 0 Å². The molecule has 0 saturated heterocycles. The summed E-state index contributed by atoms with van der Waals surface area (Å²) in [4.78, 5) is 40.1. The largest absolute Gasteiger partial charge is 0.456 e. The first-order chi connectivity index (χ1) is 18.2. The zero-order valence-electron chi connectivity index (χ0n) is 21.8. The first-order valence-corrected chi connectivity index (χ1v) is 12.6. The molecule has 9 nitrogen and oxygen atoms in total. The van der Waals surface area contributed by atoms with Gasteiger partial charge in [-0.05, 0) is 79.8 Å². The number of carbonyl (C=O) groups excluding carboxylic acids is 3. The monoisotopic (exact) mass is 652 g/mol. The van der Waals surface area contributed by atoms with Crippen LogP contribution in [0.4, 0.5) is 35.4 Å². The third kappa shape index (κ3) is 7.56. The van der Waals surface area contributed by atoms with Crippen molar-refractivity contribution in [2.45, 2.75) is 26.4 Å². The fourth-order valence-electron chi connectivity index (χ4n) is 3.37. The van der Waals surface area contributed by atoms with E-state index in [-0.39, 0.29) is 22.9 Å². The molecule has 0 atom stereocenters. The fraction of sp³-hybridized carbons (Fsp3) is 0.222. The number of halogens is 3. The quantitative estimate of drug-likeness (QED) is 0.291. The van der Waals surface area contributed by atoms with Crippen molar-refractivity contribution in [1.82, 2.24) is 4.90 Å². The maximum atomic E-state index is 15.1. The Morgan fingerprint density at radius 3 is 2.26 bits per heavy atom. The van der Waals surface area contributed by atoms with Crippen LogP contribution in [0.15, 0.2) is 54.6 Å². The van der Waals surface area contributed by atoms with Gasteiger partial charge in [0.25, 0.3) is 5.91 Å². The summed E-state index contributed by atoms with van der Waals surface area (Å²) in [6, 6.07) is 11.5. The van der Waals surface area contributed by atoms with Crippen LogP contribution in [0.2, 0.25) is 0 Å². The summed E-state index contributed by atoms with van der Waals surface area (Å²) >= 11 is 1.90.